The second-order valence-electron chi connectivity index (χ2n) is 9.18. The molecule has 2 aromatic rings. The number of benzene rings is 1. The summed E-state index contributed by atoms with van der Waals surface area (Å²) in [6.45, 7) is 11.4. The number of aryl methyl sites for hydroxylation is 1. The summed E-state index contributed by atoms with van der Waals surface area (Å²) in [5, 5.41) is 16.8. The molecule has 2 amide bonds. The van der Waals surface area contributed by atoms with E-state index in [1.54, 1.807) is 30.2 Å². The van der Waals surface area contributed by atoms with Crippen molar-refractivity contribution in [3.63, 3.8) is 0 Å². The highest BCUT2D eigenvalue weighted by Crippen LogP contribution is 2.29. The maximum Gasteiger partial charge on any atom is 0.410 e. The number of piperidine rings is 1. The van der Waals surface area contributed by atoms with Crippen LogP contribution >= 0.6 is 11.3 Å². The third kappa shape index (κ3) is 6.12. The van der Waals surface area contributed by atoms with Gasteiger partial charge in [0.05, 0.1) is 11.9 Å². The van der Waals surface area contributed by atoms with E-state index in [-0.39, 0.29) is 17.7 Å². The lowest BCUT2D eigenvalue weighted by Crippen LogP contribution is -2.42. The number of hydrogen-bond donors (Lipinski definition) is 3. The standard InChI is InChI=1S/C23H32N4O4S/c1-14-6-7-17(28)15(2)19(14)26-20(29)18-13-25-21(32-18)24-12-16-8-10-27(11-9-16)22(30)31-23(3,4)5/h6-7,13,16,28H,8-12H2,1-5H3,(H,24,25)(H,26,29). The minimum atomic E-state index is -0.484. The number of nitrogens with one attached hydrogen (secondary N) is 2. The summed E-state index contributed by atoms with van der Waals surface area (Å²) < 4.78 is 5.44. The SMILES string of the molecule is Cc1ccc(O)c(C)c1NC(=O)c1cnc(NCC2CCN(C(=O)OC(C)(C)C)CC2)s1. The van der Waals surface area contributed by atoms with Crippen LogP contribution in [0.5, 0.6) is 5.75 Å². The maximum atomic E-state index is 12.6. The summed E-state index contributed by atoms with van der Waals surface area (Å²) in [4.78, 5) is 31.4. The van der Waals surface area contributed by atoms with Crippen LogP contribution in [-0.4, -0.2) is 52.2 Å². The van der Waals surface area contributed by atoms with E-state index in [9.17, 15) is 14.7 Å². The van der Waals surface area contributed by atoms with Crippen molar-refractivity contribution in [2.45, 2.75) is 53.1 Å². The van der Waals surface area contributed by atoms with Gasteiger partial charge in [-0.1, -0.05) is 17.4 Å². The number of likely N-dealkylation sites (tertiary alicyclic amines) is 1. The predicted molar refractivity (Wildman–Crippen MR) is 127 cm³/mol. The van der Waals surface area contributed by atoms with Crippen molar-refractivity contribution in [1.82, 2.24) is 9.88 Å². The summed E-state index contributed by atoms with van der Waals surface area (Å²) >= 11 is 1.30. The van der Waals surface area contributed by atoms with Gasteiger partial charge in [0.15, 0.2) is 5.13 Å². The Hall–Kier alpha value is -2.81. The van der Waals surface area contributed by atoms with Crippen LogP contribution in [0.2, 0.25) is 0 Å². The summed E-state index contributed by atoms with van der Waals surface area (Å²) in [5.41, 5.74) is 1.66. The highest BCUT2D eigenvalue weighted by Gasteiger charge is 2.27. The Morgan fingerprint density at radius 2 is 1.94 bits per heavy atom. The first-order valence-electron chi connectivity index (χ1n) is 10.8. The van der Waals surface area contributed by atoms with E-state index < -0.39 is 5.60 Å². The first-order valence-corrected chi connectivity index (χ1v) is 11.6. The predicted octanol–water partition coefficient (Wildman–Crippen LogP) is 4.78. The molecule has 0 saturated carbocycles. The topological polar surface area (TPSA) is 104 Å². The number of amides is 2. The molecule has 174 valence electrons. The van der Waals surface area contributed by atoms with Gasteiger partial charge in [-0.05, 0) is 65.0 Å². The number of carbonyl (C=O) groups is 2. The van der Waals surface area contributed by atoms with Gasteiger partial charge in [0.25, 0.3) is 5.91 Å². The molecule has 9 heteroatoms. The van der Waals surface area contributed by atoms with Crippen molar-refractivity contribution in [2.24, 2.45) is 5.92 Å². The lowest BCUT2D eigenvalue weighted by molar-refractivity contribution is 0.0188. The average Bonchev–Trinajstić information content (AvgIpc) is 3.21. The van der Waals surface area contributed by atoms with Crippen molar-refractivity contribution >= 4 is 34.2 Å². The number of aromatic nitrogens is 1. The summed E-state index contributed by atoms with van der Waals surface area (Å²) in [6.07, 6.45) is 3.08. The zero-order chi connectivity index (χ0) is 23.5. The first kappa shape index (κ1) is 23.8. The number of nitrogens with zero attached hydrogens (tertiary/aromatic N) is 2. The molecule has 1 aromatic carbocycles. The normalized spacial score (nSPS) is 14.8. The lowest BCUT2D eigenvalue weighted by Gasteiger charge is -2.33. The number of rotatable bonds is 5. The van der Waals surface area contributed by atoms with E-state index in [4.69, 9.17) is 4.74 Å². The molecule has 1 fully saturated rings. The zero-order valence-corrected chi connectivity index (χ0v) is 20.1. The molecule has 0 spiro atoms. The summed E-state index contributed by atoms with van der Waals surface area (Å²) in [5.74, 6) is 0.320. The lowest BCUT2D eigenvalue weighted by atomic mass is 9.97. The molecular formula is C23H32N4O4S. The van der Waals surface area contributed by atoms with Crippen molar-refractivity contribution in [2.75, 3.05) is 30.3 Å². The van der Waals surface area contributed by atoms with Crippen LogP contribution in [0, 0.1) is 19.8 Å². The molecule has 3 N–H and O–H groups in total. The second-order valence-corrected chi connectivity index (χ2v) is 10.2. The molecule has 32 heavy (non-hydrogen) atoms. The highest BCUT2D eigenvalue weighted by atomic mass is 32.1. The Bertz CT molecular complexity index is 975. The van der Waals surface area contributed by atoms with Gasteiger partial charge in [-0.3, -0.25) is 4.79 Å². The molecule has 8 nitrogen and oxygen atoms in total. The van der Waals surface area contributed by atoms with E-state index in [0.29, 0.717) is 40.3 Å². The molecule has 0 atom stereocenters. The third-order valence-corrected chi connectivity index (χ3v) is 6.37. The number of phenols is 1. The van der Waals surface area contributed by atoms with Crippen LogP contribution in [0.25, 0.3) is 0 Å². The van der Waals surface area contributed by atoms with Gasteiger partial charge < -0.3 is 25.4 Å². The number of carbonyl (C=O) groups excluding carboxylic acids is 2. The van der Waals surface area contributed by atoms with Gasteiger partial charge >= 0.3 is 6.09 Å². The molecule has 0 bridgehead atoms. The van der Waals surface area contributed by atoms with E-state index >= 15 is 0 Å². The molecule has 2 heterocycles. The molecule has 1 aliphatic heterocycles. The third-order valence-electron chi connectivity index (χ3n) is 5.42. The minimum Gasteiger partial charge on any atom is -0.508 e. The molecule has 1 aromatic heterocycles. The highest BCUT2D eigenvalue weighted by molar-refractivity contribution is 7.17. The van der Waals surface area contributed by atoms with Crippen molar-refractivity contribution < 1.29 is 19.4 Å². The molecule has 1 aliphatic rings. The molecule has 3 rings (SSSR count). The molecule has 0 radical (unpaired) electrons. The number of aromatic hydroxyl groups is 1. The van der Waals surface area contributed by atoms with Gasteiger partial charge in [-0.25, -0.2) is 9.78 Å². The number of thiazole rings is 1. The van der Waals surface area contributed by atoms with Gasteiger partial charge in [-0.15, -0.1) is 0 Å². The fraction of sp³-hybridized carbons (Fsp3) is 0.522. The van der Waals surface area contributed by atoms with Crippen LogP contribution in [0.15, 0.2) is 18.3 Å². The fourth-order valence-electron chi connectivity index (χ4n) is 3.54. The Labute approximate surface area is 193 Å². The van der Waals surface area contributed by atoms with E-state index in [0.717, 1.165) is 24.9 Å². The van der Waals surface area contributed by atoms with Crippen LogP contribution in [0.4, 0.5) is 15.6 Å². The summed E-state index contributed by atoms with van der Waals surface area (Å²) in [6, 6.07) is 3.39. The zero-order valence-electron chi connectivity index (χ0n) is 19.3. The number of phenolic OH excluding ortho intramolecular Hbond substituents is 1. The molecular weight excluding hydrogens is 428 g/mol. The van der Waals surface area contributed by atoms with Crippen LogP contribution < -0.4 is 10.6 Å². The maximum absolute atomic E-state index is 12.6. The van der Waals surface area contributed by atoms with E-state index in [1.807, 2.05) is 27.7 Å². The summed E-state index contributed by atoms with van der Waals surface area (Å²) in [7, 11) is 0. The Kier molecular flexibility index (Phi) is 7.28. The van der Waals surface area contributed by atoms with Gasteiger partial charge in [0.1, 0.15) is 16.2 Å². The van der Waals surface area contributed by atoms with Crippen LogP contribution in [-0.2, 0) is 4.74 Å². The van der Waals surface area contributed by atoms with Crippen LogP contribution in [0.3, 0.4) is 0 Å². The van der Waals surface area contributed by atoms with Gasteiger partial charge in [0.2, 0.25) is 0 Å². The van der Waals surface area contributed by atoms with Crippen molar-refractivity contribution in [3.8, 4) is 5.75 Å². The van der Waals surface area contributed by atoms with Gasteiger partial charge in [-0.2, -0.15) is 0 Å². The monoisotopic (exact) mass is 460 g/mol. The minimum absolute atomic E-state index is 0.148. The Morgan fingerprint density at radius 1 is 1.25 bits per heavy atom. The van der Waals surface area contributed by atoms with E-state index in [1.165, 1.54) is 11.3 Å². The number of anilines is 2. The number of ether oxygens (including phenoxy) is 1. The van der Waals surface area contributed by atoms with Gasteiger partial charge in [0, 0.05) is 25.2 Å². The number of hydrogen-bond acceptors (Lipinski definition) is 7. The van der Waals surface area contributed by atoms with Crippen molar-refractivity contribution in [1.29, 1.82) is 0 Å². The van der Waals surface area contributed by atoms with Crippen LogP contribution in [0.1, 0.15) is 54.4 Å². The molecule has 0 aliphatic carbocycles. The first-order chi connectivity index (χ1) is 15.0. The second kappa shape index (κ2) is 9.77. The Balaban J connectivity index is 1.49. The van der Waals surface area contributed by atoms with Crippen molar-refractivity contribution in [3.05, 3.63) is 34.3 Å². The smallest absolute Gasteiger partial charge is 0.410 e. The largest absolute Gasteiger partial charge is 0.508 e. The average molecular weight is 461 g/mol. The van der Waals surface area contributed by atoms with E-state index in [2.05, 4.69) is 15.6 Å². The Morgan fingerprint density at radius 3 is 2.59 bits per heavy atom. The fourth-order valence-corrected chi connectivity index (χ4v) is 4.26. The molecule has 1 saturated heterocycles. The quantitative estimate of drug-likeness (QED) is 0.593. The molecule has 0 unspecified atom stereocenters.